The Hall–Kier alpha value is -0.650. The Morgan fingerprint density at radius 1 is 1.27 bits per heavy atom. The second kappa shape index (κ2) is 6.76. The molecule has 0 aromatic heterocycles. The van der Waals surface area contributed by atoms with E-state index < -0.39 is 0 Å². The van der Waals surface area contributed by atoms with E-state index in [0.29, 0.717) is 6.54 Å². The van der Waals surface area contributed by atoms with E-state index in [9.17, 15) is 4.79 Å². The molecule has 15 heavy (non-hydrogen) atoms. The van der Waals surface area contributed by atoms with Crippen LogP contribution in [0.3, 0.4) is 0 Å². The summed E-state index contributed by atoms with van der Waals surface area (Å²) < 4.78 is 0. The first-order valence-corrected chi connectivity index (χ1v) is 5.61. The summed E-state index contributed by atoms with van der Waals surface area (Å²) in [5, 5.41) is 2.65. The van der Waals surface area contributed by atoms with Gasteiger partial charge in [-0.25, -0.2) is 0 Å². The van der Waals surface area contributed by atoms with E-state index in [0.717, 1.165) is 45.7 Å². The summed E-state index contributed by atoms with van der Waals surface area (Å²) in [6.07, 6.45) is 1.12. The highest BCUT2D eigenvalue weighted by Gasteiger charge is 2.15. The van der Waals surface area contributed by atoms with E-state index in [-0.39, 0.29) is 5.91 Å². The number of carbonyl (C=O) groups excluding carboxylic acids is 1. The van der Waals surface area contributed by atoms with Crippen molar-refractivity contribution in [3.63, 3.8) is 0 Å². The van der Waals surface area contributed by atoms with Crippen molar-refractivity contribution in [2.24, 2.45) is 5.73 Å². The number of hydrogen-bond donors (Lipinski definition) is 2. The standard InChI is InChI=1S/C10H22N4O/c1-12-10(15)9-14-5-2-4-13(6-3-11)7-8-14/h2-9,11H2,1H3,(H,12,15). The van der Waals surface area contributed by atoms with E-state index in [1.54, 1.807) is 7.05 Å². The number of likely N-dealkylation sites (N-methyl/N-ethyl adjacent to an activating group) is 1. The van der Waals surface area contributed by atoms with Crippen LogP contribution in [0.5, 0.6) is 0 Å². The highest BCUT2D eigenvalue weighted by Crippen LogP contribution is 2.01. The fraction of sp³-hybridized carbons (Fsp3) is 0.900. The molecule has 5 heteroatoms. The molecule has 1 aliphatic rings. The van der Waals surface area contributed by atoms with Crippen LogP contribution >= 0.6 is 0 Å². The fourth-order valence-electron chi connectivity index (χ4n) is 1.87. The zero-order chi connectivity index (χ0) is 11.1. The van der Waals surface area contributed by atoms with Crippen molar-refractivity contribution in [2.75, 3.05) is 52.9 Å². The number of nitrogens with one attached hydrogen (secondary N) is 1. The predicted molar refractivity (Wildman–Crippen MR) is 60.6 cm³/mol. The minimum absolute atomic E-state index is 0.0993. The normalized spacial score (nSPS) is 19.9. The molecule has 1 saturated heterocycles. The van der Waals surface area contributed by atoms with Gasteiger partial charge in [-0.3, -0.25) is 9.69 Å². The zero-order valence-corrected chi connectivity index (χ0v) is 9.54. The molecule has 1 aliphatic heterocycles. The molecule has 88 valence electrons. The third-order valence-corrected chi connectivity index (χ3v) is 2.77. The fourth-order valence-corrected chi connectivity index (χ4v) is 1.87. The minimum atomic E-state index is 0.0993. The Morgan fingerprint density at radius 2 is 1.93 bits per heavy atom. The number of nitrogens with two attached hydrogens (primary N) is 1. The topological polar surface area (TPSA) is 61.6 Å². The van der Waals surface area contributed by atoms with Gasteiger partial charge in [0.2, 0.25) is 5.91 Å². The first kappa shape index (κ1) is 12.4. The van der Waals surface area contributed by atoms with Gasteiger partial charge in [-0.15, -0.1) is 0 Å². The lowest BCUT2D eigenvalue weighted by molar-refractivity contribution is -0.121. The van der Waals surface area contributed by atoms with Crippen LogP contribution in [0.4, 0.5) is 0 Å². The van der Waals surface area contributed by atoms with Gasteiger partial charge in [-0.05, 0) is 19.5 Å². The maximum atomic E-state index is 11.2. The molecular weight excluding hydrogens is 192 g/mol. The zero-order valence-electron chi connectivity index (χ0n) is 9.54. The molecule has 0 spiro atoms. The summed E-state index contributed by atoms with van der Waals surface area (Å²) in [4.78, 5) is 15.8. The lowest BCUT2D eigenvalue weighted by Crippen LogP contribution is -2.38. The quantitative estimate of drug-likeness (QED) is 0.610. The Balaban J connectivity index is 2.29. The van der Waals surface area contributed by atoms with Crippen molar-refractivity contribution in [1.29, 1.82) is 0 Å². The summed E-state index contributed by atoms with van der Waals surface area (Å²) in [5.74, 6) is 0.0993. The maximum Gasteiger partial charge on any atom is 0.233 e. The smallest absolute Gasteiger partial charge is 0.233 e. The van der Waals surface area contributed by atoms with Crippen LogP contribution in [0.25, 0.3) is 0 Å². The average molecular weight is 214 g/mol. The number of rotatable bonds is 4. The molecule has 3 N–H and O–H groups in total. The van der Waals surface area contributed by atoms with Crippen molar-refractivity contribution in [3.05, 3.63) is 0 Å². The van der Waals surface area contributed by atoms with Crippen LogP contribution < -0.4 is 11.1 Å². The Kier molecular flexibility index (Phi) is 5.60. The number of carbonyl (C=O) groups is 1. The first-order chi connectivity index (χ1) is 7.26. The van der Waals surface area contributed by atoms with Crippen LogP contribution in [0, 0.1) is 0 Å². The molecule has 1 fully saturated rings. The van der Waals surface area contributed by atoms with E-state index in [1.165, 1.54) is 0 Å². The molecule has 1 amide bonds. The van der Waals surface area contributed by atoms with Crippen molar-refractivity contribution >= 4 is 5.91 Å². The lowest BCUT2D eigenvalue weighted by Gasteiger charge is -2.20. The van der Waals surface area contributed by atoms with E-state index in [1.807, 2.05) is 0 Å². The molecule has 5 nitrogen and oxygen atoms in total. The monoisotopic (exact) mass is 214 g/mol. The second-order valence-corrected chi connectivity index (χ2v) is 3.93. The van der Waals surface area contributed by atoms with Crippen molar-refractivity contribution in [2.45, 2.75) is 6.42 Å². The van der Waals surface area contributed by atoms with Gasteiger partial charge in [0.1, 0.15) is 0 Å². The summed E-state index contributed by atoms with van der Waals surface area (Å²) in [7, 11) is 1.68. The maximum absolute atomic E-state index is 11.2. The van der Waals surface area contributed by atoms with Gasteiger partial charge in [-0.1, -0.05) is 0 Å². The number of amides is 1. The molecule has 0 aromatic rings. The molecule has 0 atom stereocenters. The first-order valence-electron chi connectivity index (χ1n) is 5.61. The summed E-state index contributed by atoms with van der Waals surface area (Å²) in [6, 6.07) is 0. The predicted octanol–water partition coefficient (Wildman–Crippen LogP) is -1.30. The van der Waals surface area contributed by atoms with Crippen molar-refractivity contribution < 1.29 is 4.79 Å². The summed E-state index contributed by atoms with van der Waals surface area (Å²) in [6.45, 7) is 6.30. The molecule has 0 bridgehead atoms. The van der Waals surface area contributed by atoms with Gasteiger partial charge in [0.25, 0.3) is 0 Å². The van der Waals surface area contributed by atoms with Crippen LogP contribution in [-0.4, -0.2) is 68.6 Å². The van der Waals surface area contributed by atoms with Gasteiger partial charge in [0.15, 0.2) is 0 Å². The second-order valence-electron chi connectivity index (χ2n) is 3.93. The molecule has 0 aliphatic carbocycles. The highest BCUT2D eigenvalue weighted by atomic mass is 16.1. The molecule has 1 rings (SSSR count). The lowest BCUT2D eigenvalue weighted by atomic mass is 10.3. The van der Waals surface area contributed by atoms with Gasteiger partial charge in [0, 0.05) is 33.2 Å². The van der Waals surface area contributed by atoms with Crippen LogP contribution in [0.15, 0.2) is 0 Å². The van der Waals surface area contributed by atoms with Crippen LogP contribution in [0.1, 0.15) is 6.42 Å². The molecule has 0 aromatic carbocycles. The minimum Gasteiger partial charge on any atom is -0.358 e. The van der Waals surface area contributed by atoms with Gasteiger partial charge in [-0.2, -0.15) is 0 Å². The molecular formula is C10H22N4O. The van der Waals surface area contributed by atoms with Gasteiger partial charge in [0.05, 0.1) is 6.54 Å². The number of nitrogens with zero attached hydrogens (tertiary/aromatic N) is 2. The van der Waals surface area contributed by atoms with Crippen LogP contribution in [-0.2, 0) is 4.79 Å². The van der Waals surface area contributed by atoms with E-state index in [2.05, 4.69) is 15.1 Å². The summed E-state index contributed by atoms with van der Waals surface area (Å²) in [5.41, 5.74) is 5.53. The van der Waals surface area contributed by atoms with E-state index in [4.69, 9.17) is 5.73 Å². The molecule has 0 radical (unpaired) electrons. The molecule has 0 unspecified atom stereocenters. The largest absolute Gasteiger partial charge is 0.358 e. The van der Waals surface area contributed by atoms with Gasteiger partial charge < -0.3 is 16.0 Å². The van der Waals surface area contributed by atoms with E-state index >= 15 is 0 Å². The number of hydrogen-bond acceptors (Lipinski definition) is 4. The van der Waals surface area contributed by atoms with Crippen molar-refractivity contribution in [1.82, 2.24) is 15.1 Å². The molecule has 1 heterocycles. The Labute approximate surface area is 91.6 Å². The highest BCUT2D eigenvalue weighted by molar-refractivity contribution is 5.77. The third kappa shape index (κ3) is 4.59. The van der Waals surface area contributed by atoms with Crippen LogP contribution in [0.2, 0.25) is 0 Å². The summed E-state index contributed by atoms with van der Waals surface area (Å²) >= 11 is 0. The Bertz CT molecular complexity index is 198. The Morgan fingerprint density at radius 3 is 2.60 bits per heavy atom. The van der Waals surface area contributed by atoms with Gasteiger partial charge >= 0.3 is 0 Å². The SMILES string of the molecule is CNC(=O)CN1CCCN(CCN)CC1. The molecule has 0 saturated carbocycles. The average Bonchev–Trinajstić information content (AvgIpc) is 2.45. The third-order valence-electron chi connectivity index (χ3n) is 2.77. The van der Waals surface area contributed by atoms with Crippen molar-refractivity contribution in [3.8, 4) is 0 Å².